The third-order valence-corrected chi connectivity index (χ3v) is 6.90. The van der Waals surface area contributed by atoms with E-state index < -0.39 is 10.0 Å². The zero-order valence-electron chi connectivity index (χ0n) is 18.4. The maximum Gasteiger partial charge on any atom is 0.258 e. The van der Waals surface area contributed by atoms with Gasteiger partial charge in [-0.2, -0.15) is 0 Å². The van der Waals surface area contributed by atoms with Gasteiger partial charge in [0.2, 0.25) is 10.0 Å². The number of benzene rings is 2. The van der Waals surface area contributed by atoms with E-state index >= 15 is 0 Å². The molecule has 2 N–H and O–H groups in total. The molecule has 0 unspecified atom stereocenters. The molecule has 3 rings (SSSR count). The maximum atomic E-state index is 12.6. The van der Waals surface area contributed by atoms with Crippen LogP contribution < -0.4 is 24.2 Å². The molecule has 0 saturated heterocycles. The van der Waals surface area contributed by atoms with Crippen molar-refractivity contribution in [1.29, 1.82) is 0 Å². The van der Waals surface area contributed by atoms with E-state index in [-0.39, 0.29) is 23.5 Å². The summed E-state index contributed by atoms with van der Waals surface area (Å²) >= 11 is 0. The highest BCUT2D eigenvalue weighted by Crippen LogP contribution is 2.27. The number of sulfonamides is 1. The normalized spacial score (nSPS) is 14.6. The van der Waals surface area contributed by atoms with Crippen molar-refractivity contribution in [3.05, 3.63) is 48.0 Å². The van der Waals surface area contributed by atoms with E-state index in [1.807, 2.05) is 6.07 Å². The zero-order chi connectivity index (χ0) is 23.0. The van der Waals surface area contributed by atoms with Crippen LogP contribution in [0, 0.1) is 0 Å². The molecular weight excluding hydrogens is 432 g/mol. The van der Waals surface area contributed by atoms with E-state index in [2.05, 4.69) is 10.0 Å². The van der Waals surface area contributed by atoms with Crippen LogP contribution in [0.25, 0.3) is 0 Å². The largest absolute Gasteiger partial charge is 0.493 e. The number of nitrogens with one attached hydrogen (secondary N) is 2. The van der Waals surface area contributed by atoms with Crippen molar-refractivity contribution >= 4 is 15.9 Å². The molecule has 0 aromatic heterocycles. The predicted octanol–water partition coefficient (Wildman–Crippen LogP) is 3.01. The molecule has 0 heterocycles. The molecule has 0 radical (unpaired) electrons. The molecule has 174 valence electrons. The fourth-order valence-corrected chi connectivity index (χ4v) is 4.92. The molecule has 0 spiro atoms. The fraction of sp³-hybridized carbons (Fsp3) is 0.435. The molecule has 2 aromatic carbocycles. The molecule has 9 heteroatoms. The molecule has 2 aromatic rings. The summed E-state index contributed by atoms with van der Waals surface area (Å²) in [5.41, 5.74) is 0.857. The van der Waals surface area contributed by atoms with Crippen LogP contribution in [0.1, 0.15) is 37.7 Å². The SMILES string of the molecule is COc1ccc(CNC(=O)COc2ccc(S(=O)(=O)NC3CCCCC3)cc2)cc1OC. The lowest BCUT2D eigenvalue weighted by Crippen LogP contribution is -2.36. The molecule has 1 amide bonds. The highest BCUT2D eigenvalue weighted by molar-refractivity contribution is 7.89. The molecule has 32 heavy (non-hydrogen) atoms. The molecule has 1 aliphatic carbocycles. The Labute approximate surface area is 189 Å². The molecule has 1 fully saturated rings. The van der Waals surface area contributed by atoms with Gasteiger partial charge in [0.1, 0.15) is 5.75 Å². The molecule has 1 saturated carbocycles. The summed E-state index contributed by atoms with van der Waals surface area (Å²) < 4.78 is 43.8. The summed E-state index contributed by atoms with van der Waals surface area (Å²) in [7, 11) is -0.448. The second kappa shape index (κ2) is 11.2. The van der Waals surface area contributed by atoms with E-state index in [1.54, 1.807) is 38.5 Å². The third kappa shape index (κ3) is 6.61. The van der Waals surface area contributed by atoms with Gasteiger partial charge >= 0.3 is 0 Å². The summed E-state index contributed by atoms with van der Waals surface area (Å²) in [6.07, 6.45) is 5.01. The molecule has 0 bridgehead atoms. The zero-order valence-corrected chi connectivity index (χ0v) is 19.2. The number of ether oxygens (including phenoxy) is 3. The van der Waals surface area contributed by atoms with Crippen molar-refractivity contribution in [3.8, 4) is 17.2 Å². The molecule has 1 aliphatic rings. The first-order valence-electron chi connectivity index (χ1n) is 10.6. The Balaban J connectivity index is 1.47. The minimum absolute atomic E-state index is 0.000887. The second-order valence-electron chi connectivity index (χ2n) is 7.68. The highest BCUT2D eigenvalue weighted by atomic mass is 32.2. The van der Waals surface area contributed by atoms with Gasteiger partial charge in [-0.3, -0.25) is 4.79 Å². The quantitative estimate of drug-likeness (QED) is 0.563. The Bertz CT molecular complexity index is 1000. The van der Waals surface area contributed by atoms with Gasteiger partial charge in [0, 0.05) is 12.6 Å². The Hall–Kier alpha value is -2.78. The molecule has 0 aliphatic heterocycles. The number of rotatable bonds is 10. The van der Waals surface area contributed by atoms with E-state index in [0.29, 0.717) is 23.8 Å². The van der Waals surface area contributed by atoms with Gasteiger partial charge in [0.15, 0.2) is 18.1 Å². The van der Waals surface area contributed by atoms with Crippen molar-refractivity contribution in [2.75, 3.05) is 20.8 Å². The lowest BCUT2D eigenvalue weighted by molar-refractivity contribution is -0.123. The number of carbonyl (C=O) groups excluding carboxylic acids is 1. The first-order chi connectivity index (χ1) is 15.4. The van der Waals surface area contributed by atoms with Gasteiger partial charge in [0.25, 0.3) is 5.91 Å². The standard InChI is InChI=1S/C23H30N2O6S/c1-29-21-13-8-17(14-22(21)30-2)15-24-23(26)16-31-19-9-11-20(12-10-19)32(27,28)25-18-6-4-3-5-7-18/h8-14,18,25H,3-7,15-16H2,1-2H3,(H,24,26). The van der Waals surface area contributed by atoms with E-state index in [0.717, 1.165) is 37.7 Å². The first kappa shape index (κ1) is 23.9. The molecule has 0 atom stereocenters. The van der Waals surface area contributed by atoms with Crippen LogP contribution in [0.3, 0.4) is 0 Å². The average molecular weight is 463 g/mol. The van der Waals surface area contributed by atoms with Crippen molar-refractivity contribution in [2.24, 2.45) is 0 Å². The van der Waals surface area contributed by atoms with Crippen LogP contribution in [0.5, 0.6) is 17.2 Å². The molecule has 8 nitrogen and oxygen atoms in total. The van der Waals surface area contributed by atoms with E-state index in [4.69, 9.17) is 14.2 Å². The fourth-order valence-electron chi connectivity index (χ4n) is 3.61. The van der Waals surface area contributed by atoms with Crippen LogP contribution >= 0.6 is 0 Å². The van der Waals surface area contributed by atoms with Gasteiger partial charge in [0.05, 0.1) is 19.1 Å². The summed E-state index contributed by atoms with van der Waals surface area (Å²) in [6.45, 7) is 0.131. The topological polar surface area (TPSA) is 103 Å². The van der Waals surface area contributed by atoms with Crippen LogP contribution in [0.15, 0.2) is 47.4 Å². The number of methoxy groups -OCH3 is 2. The van der Waals surface area contributed by atoms with E-state index in [9.17, 15) is 13.2 Å². The third-order valence-electron chi connectivity index (χ3n) is 5.37. The lowest BCUT2D eigenvalue weighted by Gasteiger charge is -2.22. The number of hydrogen-bond donors (Lipinski definition) is 2. The predicted molar refractivity (Wildman–Crippen MR) is 121 cm³/mol. The van der Waals surface area contributed by atoms with Crippen molar-refractivity contribution in [1.82, 2.24) is 10.0 Å². The lowest BCUT2D eigenvalue weighted by atomic mass is 9.96. The van der Waals surface area contributed by atoms with Crippen LogP contribution in [-0.4, -0.2) is 41.2 Å². The van der Waals surface area contributed by atoms with Crippen LogP contribution in [0.2, 0.25) is 0 Å². The summed E-state index contributed by atoms with van der Waals surface area (Å²) in [5, 5.41) is 2.77. The van der Waals surface area contributed by atoms with Gasteiger partial charge in [-0.05, 0) is 54.8 Å². The Morgan fingerprint density at radius 3 is 2.31 bits per heavy atom. The van der Waals surface area contributed by atoms with Gasteiger partial charge in [-0.15, -0.1) is 0 Å². The van der Waals surface area contributed by atoms with Gasteiger partial charge in [-0.25, -0.2) is 13.1 Å². The highest BCUT2D eigenvalue weighted by Gasteiger charge is 2.21. The number of amides is 1. The Morgan fingerprint density at radius 2 is 1.66 bits per heavy atom. The number of carbonyl (C=O) groups is 1. The monoisotopic (exact) mass is 462 g/mol. The van der Waals surface area contributed by atoms with Gasteiger partial charge < -0.3 is 19.5 Å². The smallest absolute Gasteiger partial charge is 0.258 e. The Kier molecular flexibility index (Phi) is 8.35. The van der Waals surface area contributed by atoms with Crippen LogP contribution in [0.4, 0.5) is 0 Å². The second-order valence-corrected chi connectivity index (χ2v) is 9.40. The first-order valence-corrected chi connectivity index (χ1v) is 12.1. The summed E-state index contributed by atoms with van der Waals surface area (Å²) in [5.74, 6) is 1.33. The average Bonchev–Trinajstić information content (AvgIpc) is 2.81. The van der Waals surface area contributed by atoms with Crippen molar-refractivity contribution < 1.29 is 27.4 Å². The van der Waals surface area contributed by atoms with E-state index in [1.165, 1.54) is 12.1 Å². The minimum Gasteiger partial charge on any atom is -0.493 e. The van der Waals surface area contributed by atoms with Crippen molar-refractivity contribution in [3.63, 3.8) is 0 Å². The maximum absolute atomic E-state index is 12.6. The van der Waals surface area contributed by atoms with Crippen LogP contribution in [-0.2, 0) is 21.4 Å². The van der Waals surface area contributed by atoms with Gasteiger partial charge in [-0.1, -0.05) is 25.3 Å². The summed E-state index contributed by atoms with van der Waals surface area (Å²) in [4.78, 5) is 12.3. The van der Waals surface area contributed by atoms with Crippen molar-refractivity contribution in [2.45, 2.75) is 49.6 Å². The minimum atomic E-state index is -3.56. The number of hydrogen-bond acceptors (Lipinski definition) is 6. The molecular formula is C23H30N2O6S. The Morgan fingerprint density at radius 1 is 0.969 bits per heavy atom. The summed E-state index contributed by atoms with van der Waals surface area (Å²) in [6, 6.07) is 11.5.